The van der Waals surface area contributed by atoms with E-state index in [1.165, 1.54) is 0 Å². The summed E-state index contributed by atoms with van der Waals surface area (Å²) in [6.45, 7) is -2.37. The van der Waals surface area contributed by atoms with Crippen LogP contribution in [0.2, 0.25) is 0 Å². The molecule has 0 heterocycles. The van der Waals surface area contributed by atoms with Crippen molar-refractivity contribution in [3.05, 3.63) is 0 Å². The molecule has 0 spiro atoms. The molecule has 0 saturated heterocycles. The lowest BCUT2D eigenvalue weighted by molar-refractivity contribution is -0.461. The van der Waals surface area contributed by atoms with Gasteiger partial charge in [0.05, 0.1) is 6.61 Å². The zero-order chi connectivity index (χ0) is 26.6. The number of hydrogen-bond donors (Lipinski definition) is 2. The minimum atomic E-state index is -8.73. The van der Waals surface area contributed by atoms with Crippen LogP contribution in [0, 0.1) is 0 Å². The first-order valence-electron chi connectivity index (χ1n) is 6.87. The van der Waals surface area contributed by atoms with Gasteiger partial charge in [-0.05, 0) is 0 Å². The van der Waals surface area contributed by atoms with Crippen LogP contribution in [0.5, 0.6) is 0 Å². The molecule has 0 aliphatic rings. The van der Waals surface area contributed by atoms with Gasteiger partial charge in [0, 0.05) is 6.42 Å². The molecular formula is C10H6F17O4P. The van der Waals surface area contributed by atoms with Gasteiger partial charge in [-0.2, -0.15) is 74.6 Å². The van der Waals surface area contributed by atoms with Gasteiger partial charge in [0.25, 0.3) is 0 Å². The third-order valence-corrected chi connectivity index (χ3v) is 3.98. The second kappa shape index (κ2) is 8.00. The molecule has 32 heavy (non-hydrogen) atoms. The Balaban J connectivity index is 6.44. The van der Waals surface area contributed by atoms with E-state index in [2.05, 4.69) is 4.52 Å². The lowest BCUT2D eigenvalue weighted by Crippen LogP contribution is -2.74. The van der Waals surface area contributed by atoms with Gasteiger partial charge in [-0.1, -0.05) is 0 Å². The number of halogens is 17. The third kappa shape index (κ3) is 4.61. The minimum Gasteiger partial charge on any atom is -0.303 e. The number of rotatable bonds is 10. The first-order chi connectivity index (χ1) is 13.5. The Kier molecular flexibility index (Phi) is 7.73. The van der Waals surface area contributed by atoms with Crippen molar-refractivity contribution >= 4 is 7.82 Å². The van der Waals surface area contributed by atoms with Gasteiger partial charge < -0.3 is 9.79 Å². The molecule has 0 fully saturated rings. The molecule has 194 valence electrons. The monoisotopic (exact) mass is 546 g/mol. The Bertz CT molecular complexity index is 723. The normalized spacial score (nSPS) is 16.5. The summed E-state index contributed by atoms with van der Waals surface area (Å²) in [7, 11) is -5.78. The van der Waals surface area contributed by atoms with Crippen LogP contribution >= 0.6 is 7.82 Å². The maximum Gasteiger partial charge on any atom is 0.469 e. The molecule has 0 bridgehead atoms. The van der Waals surface area contributed by atoms with Gasteiger partial charge in [0.15, 0.2) is 0 Å². The van der Waals surface area contributed by atoms with E-state index in [4.69, 9.17) is 9.79 Å². The predicted molar refractivity (Wildman–Crippen MR) is 63.3 cm³/mol. The summed E-state index contributed by atoms with van der Waals surface area (Å²) >= 11 is 0. The molecule has 0 radical (unpaired) electrons. The fourth-order valence-electron chi connectivity index (χ4n) is 1.65. The maximum absolute atomic E-state index is 13.3. The Hall–Kier alpha value is -1.08. The maximum atomic E-state index is 13.3. The van der Waals surface area contributed by atoms with Crippen molar-refractivity contribution in [3.63, 3.8) is 0 Å². The number of alkyl halides is 17. The van der Waals surface area contributed by atoms with Gasteiger partial charge in [-0.3, -0.25) is 4.52 Å². The van der Waals surface area contributed by atoms with E-state index in [1.807, 2.05) is 0 Å². The fourth-order valence-corrected chi connectivity index (χ4v) is 1.98. The highest BCUT2D eigenvalue weighted by Gasteiger charge is 2.95. The first-order valence-corrected chi connectivity index (χ1v) is 8.40. The fraction of sp³-hybridized carbons (Fsp3) is 1.00. The summed E-state index contributed by atoms with van der Waals surface area (Å²) in [6.07, 6.45) is -10.9. The highest BCUT2D eigenvalue weighted by atomic mass is 31.2. The third-order valence-electron chi connectivity index (χ3n) is 3.46. The molecule has 0 aliphatic carbocycles. The van der Waals surface area contributed by atoms with E-state index in [9.17, 15) is 79.2 Å². The first kappa shape index (κ1) is 30.9. The quantitative estimate of drug-likeness (QED) is 0.216. The summed E-state index contributed by atoms with van der Waals surface area (Å²) < 4.78 is 233. The molecule has 4 nitrogen and oxygen atoms in total. The van der Waals surface area contributed by atoms with E-state index in [1.54, 1.807) is 0 Å². The standard InChI is InChI=1S/C10H6F17O4P/c11-3(12,1-2-31-32(28,29)30)4(13,14)5(15,16)6(17,18)7(19,20)8(21,22)9(23,24)10(25,26)27/h1-2H2,(H2,28,29,30)/i1+1,2+1. The largest absolute Gasteiger partial charge is 0.469 e. The Morgan fingerprint density at radius 1 is 0.531 bits per heavy atom. The summed E-state index contributed by atoms with van der Waals surface area (Å²) in [5.41, 5.74) is 0. The zero-order valence-corrected chi connectivity index (χ0v) is 14.9. The topological polar surface area (TPSA) is 66.8 Å². The summed E-state index contributed by atoms with van der Waals surface area (Å²) in [5, 5.41) is 0. The van der Waals surface area contributed by atoms with Crippen molar-refractivity contribution in [2.45, 2.75) is 54.1 Å². The highest BCUT2D eigenvalue weighted by molar-refractivity contribution is 7.46. The van der Waals surface area contributed by atoms with Crippen LogP contribution in [0.4, 0.5) is 74.6 Å². The van der Waals surface area contributed by atoms with Gasteiger partial charge >= 0.3 is 55.5 Å². The SMILES string of the molecule is O=P(O)(O)O[13CH2][13CH2]C(F)(F)C(F)(F)C(F)(F)C(F)(F)C(F)(F)C(F)(F)C(F)(F)C(F)(F)F. The summed E-state index contributed by atoms with van der Waals surface area (Å²) in [6, 6.07) is 0. The van der Waals surface area contributed by atoms with Crippen LogP contribution in [-0.4, -0.2) is 64.0 Å². The lowest BCUT2D eigenvalue weighted by Gasteiger charge is -2.42. The van der Waals surface area contributed by atoms with E-state index in [-0.39, 0.29) is 0 Å². The van der Waals surface area contributed by atoms with Gasteiger partial charge in [0.2, 0.25) is 0 Å². The molecule has 0 saturated carbocycles. The van der Waals surface area contributed by atoms with Crippen molar-refractivity contribution in [1.82, 2.24) is 0 Å². The smallest absolute Gasteiger partial charge is 0.303 e. The van der Waals surface area contributed by atoms with E-state index in [0.717, 1.165) is 0 Å². The van der Waals surface area contributed by atoms with Crippen molar-refractivity contribution in [2.75, 3.05) is 6.61 Å². The Morgan fingerprint density at radius 3 is 1.09 bits per heavy atom. The molecule has 0 aromatic carbocycles. The van der Waals surface area contributed by atoms with E-state index >= 15 is 0 Å². The molecule has 0 aliphatic heterocycles. The molecule has 0 amide bonds. The highest BCUT2D eigenvalue weighted by Crippen LogP contribution is 2.64. The number of phosphoric acid groups is 1. The van der Waals surface area contributed by atoms with Crippen LogP contribution < -0.4 is 0 Å². The van der Waals surface area contributed by atoms with Gasteiger partial charge in [-0.15, -0.1) is 0 Å². The molecule has 22 heteroatoms. The van der Waals surface area contributed by atoms with Crippen molar-refractivity contribution in [2.24, 2.45) is 0 Å². The van der Waals surface area contributed by atoms with Crippen LogP contribution in [0.1, 0.15) is 6.42 Å². The lowest BCUT2D eigenvalue weighted by atomic mass is 9.90. The molecule has 0 aromatic heterocycles. The average molecular weight is 546 g/mol. The number of hydrogen-bond acceptors (Lipinski definition) is 2. The van der Waals surface area contributed by atoms with Crippen molar-refractivity contribution < 1.29 is 93.5 Å². The van der Waals surface area contributed by atoms with Crippen LogP contribution in [0.3, 0.4) is 0 Å². The van der Waals surface area contributed by atoms with Crippen LogP contribution in [-0.2, 0) is 9.09 Å². The number of phosphoric ester groups is 1. The molecule has 0 unspecified atom stereocenters. The zero-order valence-electron chi connectivity index (χ0n) is 14.0. The van der Waals surface area contributed by atoms with Gasteiger partial charge in [0.1, 0.15) is 0 Å². The molecule has 0 aromatic rings. The molecule has 2 N–H and O–H groups in total. The second-order valence-electron chi connectivity index (χ2n) is 5.72. The molecule has 0 rings (SSSR count). The predicted octanol–water partition coefficient (Wildman–Crippen LogP) is 5.50. The van der Waals surface area contributed by atoms with Crippen LogP contribution in [0.25, 0.3) is 0 Å². The van der Waals surface area contributed by atoms with Crippen LogP contribution in [0.15, 0.2) is 0 Å². The van der Waals surface area contributed by atoms with E-state index < -0.39 is 68.5 Å². The summed E-state index contributed by atoms with van der Waals surface area (Å²) in [5.74, 6) is -57.4. The summed E-state index contributed by atoms with van der Waals surface area (Å²) in [4.78, 5) is 16.2. The average Bonchev–Trinajstić information content (AvgIpc) is 2.50. The van der Waals surface area contributed by atoms with Crippen molar-refractivity contribution in [1.29, 1.82) is 0 Å². The second-order valence-corrected chi connectivity index (χ2v) is 6.96. The Labute approximate surface area is 163 Å². The Morgan fingerprint density at radius 2 is 0.812 bits per heavy atom. The van der Waals surface area contributed by atoms with Gasteiger partial charge in [-0.25, -0.2) is 4.57 Å². The molecule has 0 atom stereocenters. The van der Waals surface area contributed by atoms with Crippen molar-refractivity contribution in [3.8, 4) is 0 Å². The molecular weight excluding hydrogens is 540 g/mol. The minimum absolute atomic E-state index is 2.37. The van der Waals surface area contributed by atoms with E-state index in [0.29, 0.717) is 0 Å².